The maximum Gasteiger partial charge on any atom is 0.306 e. The van der Waals surface area contributed by atoms with Gasteiger partial charge in [-0.3, -0.25) is 4.79 Å². The summed E-state index contributed by atoms with van der Waals surface area (Å²) >= 11 is 0. The van der Waals surface area contributed by atoms with E-state index in [1.807, 2.05) is 27.7 Å². The summed E-state index contributed by atoms with van der Waals surface area (Å²) in [6.45, 7) is 7.59. The topological polar surface area (TPSA) is 26.3 Å². The van der Waals surface area contributed by atoms with Gasteiger partial charge in [0.2, 0.25) is 0 Å². The van der Waals surface area contributed by atoms with Crippen LogP contribution in [0.5, 0.6) is 0 Å². The van der Waals surface area contributed by atoms with Crippen LogP contribution in [0.1, 0.15) is 40.5 Å². The Morgan fingerprint density at radius 1 is 1.36 bits per heavy atom. The second kappa shape index (κ2) is 5.67. The fourth-order valence-corrected chi connectivity index (χ4v) is 0.597. The van der Waals surface area contributed by atoms with Crippen molar-refractivity contribution in [2.45, 2.75) is 46.1 Å². The molecule has 0 aromatic carbocycles. The summed E-state index contributed by atoms with van der Waals surface area (Å²) in [5, 5.41) is 0. The van der Waals surface area contributed by atoms with Crippen molar-refractivity contribution in [2.75, 3.05) is 0 Å². The van der Waals surface area contributed by atoms with Gasteiger partial charge in [0.1, 0.15) is 5.60 Å². The van der Waals surface area contributed by atoms with E-state index in [4.69, 9.17) is 4.74 Å². The van der Waals surface area contributed by atoms with Gasteiger partial charge in [-0.15, -0.1) is 0 Å². The Balaban J connectivity index is 0. The molecule has 0 aliphatic rings. The van der Waals surface area contributed by atoms with Crippen molar-refractivity contribution in [3.63, 3.8) is 0 Å². The number of ether oxygens (including phenoxy) is 1. The molecule has 0 atom stereocenters. The van der Waals surface area contributed by atoms with E-state index in [2.05, 4.69) is 0 Å². The van der Waals surface area contributed by atoms with Gasteiger partial charge in [0.25, 0.3) is 0 Å². The molecule has 0 N–H and O–H groups in total. The van der Waals surface area contributed by atoms with Gasteiger partial charge in [-0.2, -0.15) is 0 Å². The molecule has 3 heteroatoms. The van der Waals surface area contributed by atoms with Crippen LogP contribution >= 0.6 is 0 Å². The Labute approximate surface area is 80.6 Å². The third-order valence-corrected chi connectivity index (χ3v) is 0.874. The minimum atomic E-state index is -0.327. The van der Waals surface area contributed by atoms with Gasteiger partial charge in [-0.1, -0.05) is 6.92 Å². The van der Waals surface area contributed by atoms with Crippen LogP contribution in [0.3, 0.4) is 0 Å². The van der Waals surface area contributed by atoms with E-state index in [9.17, 15) is 4.79 Å². The average molecular weight is 195 g/mol. The predicted octanol–water partition coefficient (Wildman–Crippen LogP) is 2.13. The molecule has 0 saturated carbocycles. The Morgan fingerprint density at radius 3 is 2.09 bits per heavy atom. The number of hydrogen-bond acceptors (Lipinski definition) is 2. The van der Waals surface area contributed by atoms with Gasteiger partial charge in [0, 0.05) is 25.0 Å². The van der Waals surface area contributed by atoms with Crippen molar-refractivity contribution < 1.29 is 28.1 Å². The molecule has 0 heterocycles. The number of carbonyl (C=O) groups is 1. The quantitative estimate of drug-likeness (QED) is 0.631. The zero-order valence-corrected chi connectivity index (χ0v) is 9.07. The van der Waals surface area contributed by atoms with Gasteiger partial charge in [-0.05, 0) is 27.2 Å². The molecule has 0 amide bonds. The Bertz CT molecular complexity index is 116. The first kappa shape index (κ1) is 13.6. The third kappa shape index (κ3) is 10.1. The Kier molecular flexibility index (Phi) is 7.03. The van der Waals surface area contributed by atoms with Gasteiger partial charge in [0.15, 0.2) is 0 Å². The number of rotatable bonds is 2. The zero-order chi connectivity index (χ0) is 8.20. The minimum Gasteiger partial charge on any atom is -0.460 e. The molecule has 0 spiro atoms. The first-order valence-electron chi connectivity index (χ1n) is 3.67. The van der Waals surface area contributed by atoms with Gasteiger partial charge < -0.3 is 4.74 Å². The molecule has 0 rings (SSSR count). The molecular formula is C8H16O2V. The molecule has 11 heavy (non-hydrogen) atoms. The van der Waals surface area contributed by atoms with Crippen LogP contribution in [0.2, 0.25) is 0 Å². The standard InChI is InChI=1S/C8H16O2.V/c1-5-6-7(9)10-8(2,3)4;/h5-6H2,1-4H3;. The molecule has 65 valence electrons. The molecule has 0 fully saturated rings. The summed E-state index contributed by atoms with van der Waals surface area (Å²) in [5.74, 6) is -0.102. The average Bonchev–Trinajstić information content (AvgIpc) is 1.59. The smallest absolute Gasteiger partial charge is 0.306 e. The molecule has 0 aliphatic carbocycles. The van der Waals surface area contributed by atoms with Gasteiger partial charge in [0.05, 0.1) is 0 Å². The molecule has 0 aromatic rings. The van der Waals surface area contributed by atoms with Crippen LogP contribution in [-0.2, 0) is 28.1 Å². The molecule has 0 saturated heterocycles. The first-order valence-corrected chi connectivity index (χ1v) is 3.67. The zero-order valence-electron chi connectivity index (χ0n) is 7.68. The normalized spacial score (nSPS) is 10.2. The van der Waals surface area contributed by atoms with E-state index in [1.165, 1.54) is 0 Å². The van der Waals surface area contributed by atoms with Crippen LogP contribution in [0.25, 0.3) is 0 Å². The fourth-order valence-electron chi connectivity index (χ4n) is 0.597. The molecule has 0 aliphatic heterocycles. The Hall–Kier alpha value is 0.0544. The molecule has 2 nitrogen and oxygen atoms in total. The number of esters is 1. The van der Waals surface area contributed by atoms with Crippen molar-refractivity contribution in [2.24, 2.45) is 0 Å². The predicted molar refractivity (Wildman–Crippen MR) is 40.8 cm³/mol. The number of hydrogen-bond donors (Lipinski definition) is 0. The molecule has 1 radical (unpaired) electrons. The van der Waals surface area contributed by atoms with Crippen LogP contribution in [0.4, 0.5) is 0 Å². The van der Waals surface area contributed by atoms with Crippen LogP contribution in [0, 0.1) is 0 Å². The summed E-state index contributed by atoms with van der Waals surface area (Å²) in [6, 6.07) is 0. The van der Waals surface area contributed by atoms with E-state index < -0.39 is 0 Å². The molecular weight excluding hydrogens is 179 g/mol. The van der Waals surface area contributed by atoms with E-state index >= 15 is 0 Å². The first-order chi connectivity index (χ1) is 4.45. The summed E-state index contributed by atoms with van der Waals surface area (Å²) in [6.07, 6.45) is 1.38. The van der Waals surface area contributed by atoms with Crippen LogP contribution in [0.15, 0.2) is 0 Å². The molecule has 0 bridgehead atoms. The van der Waals surface area contributed by atoms with E-state index in [-0.39, 0.29) is 30.1 Å². The second-order valence-corrected chi connectivity index (χ2v) is 3.34. The van der Waals surface area contributed by atoms with Crippen molar-refractivity contribution in [1.29, 1.82) is 0 Å². The van der Waals surface area contributed by atoms with Gasteiger partial charge >= 0.3 is 5.97 Å². The summed E-state index contributed by atoms with van der Waals surface area (Å²) in [4.78, 5) is 10.8. The SMILES string of the molecule is CCCC(=O)OC(C)(C)C.[V]. The number of carbonyl (C=O) groups excluding carboxylic acids is 1. The second-order valence-electron chi connectivity index (χ2n) is 3.34. The van der Waals surface area contributed by atoms with Crippen LogP contribution in [-0.4, -0.2) is 11.6 Å². The van der Waals surface area contributed by atoms with Crippen molar-refractivity contribution in [3.05, 3.63) is 0 Å². The van der Waals surface area contributed by atoms with Crippen LogP contribution < -0.4 is 0 Å². The summed E-state index contributed by atoms with van der Waals surface area (Å²) in [5.41, 5.74) is -0.327. The summed E-state index contributed by atoms with van der Waals surface area (Å²) in [7, 11) is 0. The maximum atomic E-state index is 10.8. The van der Waals surface area contributed by atoms with E-state index in [1.54, 1.807) is 0 Å². The molecule has 0 aromatic heterocycles. The monoisotopic (exact) mass is 195 g/mol. The summed E-state index contributed by atoms with van der Waals surface area (Å²) < 4.78 is 5.04. The maximum absolute atomic E-state index is 10.8. The van der Waals surface area contributed by atoms with E-state index in [0.717, 1.165) is 6.42 Å². The van der Waals surface area contributed by atoms with Crippen molar-refractivity contribution in [1.82, 2.24) is 0 Å². The largest absolute Gasteiger partial charge is 0.460 e. The minimum absolute atomic E-state index is 0. The van der Waals surface area contributed by atoms with E-state index in [0.29, 0.717) is 6.42 Å². The van der Waals surface area contributed by atoms with Crippen molar-refractivity contribution in [3.8, 4) is 0 Å². The van der Waals surface area contributed by atoms with Crippen molar-refractivity contribution >= 4 is 5.97 Å². The molecule has 0 unspecified atom stereocenters. The Morgan fingerprint density at radius 2 is 1.82 bits per heavy atom. The third-order valence-electron chi connectivity index (χ3n) is 0.874. The fraction of sp³-hybridized carbons (Fsp3) is 0.875. The van der Waals surface area contributed by atoms with Gasteiger partial charge in [-0.25, -0.2) is 0 Å².